The number of amides is 4. The number of aromatic amines is 1. The number of H-pyrrole nitrogens is 1. The Morgan fingerprint density at radius 1 is 0.785 bits per heavy atom. The standard InChI is InChI=1S/C61H82N6O12/c1-36(2)15-10-17-38(5)19-12-23-60(7)51(70)30-43-49(68)28-41-45(54(43)78-60)33-66(57(41)74)26-14-21-48(56(73)63-25-22-53(72)65-47(59(76)77-9)27-40-32-62-35-64-40)67-34-46-42(58(67)75)29-50(69)44-31-52(71)61(8,79-55(44)46)24-13-20-39(6)18-11-16-37(3)4/h15-16,19-20,28-29,32,35,47-48,51-52,68-71H,10-14,17-18,21-27,30-31,33-34H2,1-9H3,(H,62,64)(H,63,73)(H,65,72)/b38-19+,39-20+/t47-,48-,51-,52-,60+,61+/m0/s1. The fraction of sp³-hybridized carbons (Fsp3) is 0.541. The second kappa shape index (κ2) is 25.9. The maximum Gasteiger partial charge on any atom is 0.328 e. The zero-order chi connectivity index (χ0) is 57.3. The normalized spacial score (nSPS) is 21.2. The molecular formula is C61H82N6O12. The molecule has 5 heterocycles. The minimum atomic E-state index is -1.13. The fourth-order valence-electron chi connectivity index (χ4n) is 11.0. The third kappa shape index (κ3) is 14.3. The first-order chi connectivity index (χ1) is 37.5. The van der Waals surface area contributed by atoms with Crippen LogP contribution in [0.1, 0.15) is 175 Å². The molecule has 4 aliphatic rings. The van der Waals surface area contributed by atoms with Crippen molar-refractivity contribution in [2.24, 2.45) is 0 Å². The highest BCUT2D eigenvalue weighted by atomic mass is 16.5. The first-order valence-corrected chi connectivity index (χ1v) is 27.8. The SMILES string of the molecule is COC(=O)[C@H](Cc1cnc[nH]1)NC(=O)CCNC(=O)[C@H](CCCN1Cc2c(cc(O)c3c2O[C@](C)(CC/C=C(\C)CCC=C(C)C)[C@@H](O)C3)C1=O)N1Cc2c(cc(O)c3c2O[C@](C)(CC/C=C(\C)CCC=C(C)C)[C@@H](O)C3)C1=O. The molecule has 0 unspecified atom stereocenters. The number of allylic oxidation sites excluding steroid dienone is 8. The lowest BCUT2D eigenvalue weighted by atomic mass is 9.84. The number of aromatic nitrogens is 2. The van der Waals surface area contributed by atoms with Crippen LogP contribution < -0.4 is 20.1 Å². The number of nitrogens with one attached hydrogen (secondary N) is 3. The van der Waals surface area contributed by atoms with E-state index in [1.54, 1.807) is 4.90 Å². The number of hydrogen-bond acceptors (Lipinski definition) is 13. The van der Waals surface area contributed by atoms with Gasteiger partial charge in [0, 0.05) is 72.9 Å². The average Bonchev–Trinajstić information content (AvgIpc) is 4.26. The second-order valence-electron chi connectivity index (χ2n) is 22.8. The van der Waals surface area contributed by atoms with Gasteiger partial charge in [-0.15, -0.1) is 0 Å². The molecule has 4 aliphatic heterocycles. The Hall–Kier alpha value is -6.92. The minimum Gasteiger partial charge on any atom is -0.508 e. The first-order valence-electron chi connectivity index (χ1n) is 27.8. The number of methoxy groups -OCH3 is 1. The predicted octanol–water partition coefficient (Wildman–Crippen LogP) is 8.04. The minimum absolute atomic E-state index is 0.0635. The Bertz CT molecular complexity index is 2880. The van der Waals surface area contributed by atoms with Crippen molar-refractivity contribution < 1.29 is 58.6 Å². The first kappa shape index (κ1) is 59.7. The molecule has 0 saturated carbocycles. The van der Waals surface area contributed by atoms with Gasteiger partial charge in [0.25, 0.3) is 11.8 Å². The van der Waals surface area contributed by atoms with Crippen LogP contribution in [-0.4, -0.2) is 125 Å². The third-order valence-electron chi connectivity index (χ3n) is 16.0. The number of carbonyl (C=O) groups excluding carboxylic acids is 5. The number of rotatable bonds is 25. The van der Waals surface area contributed by atoms with Gasteiger partial charge in [-0.05, 0) is 132 Å². The summed E-state index contributed by atoms with van der Waals surface area (Å²) in [5, 5.41) is 51.0. The van der Waals surface area contributed by atoms with Gasteiger partial charge < -0.3 is 60.1 Å². The van der Waals surface area contributed by atoms with E-state index < -0.39 is 59.2 Å². The van der Waals surface area contributed by atoms with Crippen molar-refractivity contribution >= 4 is 29.6 Å². The summed E-state index contributed by atoms with van der Waals surface area (Å²) < 4.78 is 18.2. The molecule has 18 nitrogen and oxygen atoms in total. The number of aromatic hydroxyl groups is 2. The van der Waals surface area contributed by atoms with Crippen molar-refractivity contribution in [2.75, 3.05) is 20.2 Å². The van der Waals surface area contributed by atoms with Crippen LogP contribution in [0.4, 0.5) is 0 Å². The van der Waals surface area contributed by atoms with Crippen LogP contribution in [0.15, 0.2) is 71.3 Å². The lowest BCUT2D eigenvalue weighted by molar-refractivity contribution is -0.145. The summed E-state index contributed by atoms with van der Waals surface area (Å²) in [4.78, 5) is 79.0. The quantitative estimate of drug-likeness (QED) is 0.0314. The molecule has 2 aromatic carbocycles. The van der Waals surface area contributed by atoms with E-state index in [1.807, 2.05) is 13.8 Å². The molecule has 0 fully saturated rings. The number of aliphatic hydroxyl groups excluding tert-OH is 2. The number of carbonyl (C=O) groups is 5. The second-order valence-corrected chi connectivity index (χ2v) is 22.8. The number of ether oxygens (including phenoxy) is 3. The Morgan fingerprint density at radius 3 is 1.85 bits per heavy atom. The Balaban J connectivity index is 1.08. The van der Waals surface area contributed by atoms with Gasteiger partial charge in [0.2, 0.25) is 11.8 Å². The van der Waals surface area contributed by atoms with Gasteiger partial charge in [-0.3, -0.25) is 19.2 Å². The van der Waals surface area contributed by atoms with Crippen LogP contribution in [0.2, 0.25) is 0 Å². The van der Waals surface area contributed by atoms with Gasteiger partial charge in [0.1, 0.15) is 46.3 Å². The van der Waals surface area contributed by atoms with Gasteiger partial charge in [-0.1, -0.05) is 46.6 Å². The molecule has 18 heteroatoms. The number of esters is 1. The van der Waals surface area contributed by atoms with Gasteiger partial charge in [0.15, 0.2) is 0 Å². The fourth-order valence-corrected chi connectivity index (χ4v) is 11.0. The molecule has 428 valence electrons. The van der Waals surface area contributed by atoms with E-state index in [0.29, 0.717) is 65.1 Å². The Labute approximate surface area is 464 Å². The number of phenols is 2. The molecule has 3 aromatic rings. The Kier molecular flexibility index (Phi) is 19.6. The monoisotopic (exact) mass is 1090 g/mol. The van der Waals surface area contributed by atoms with E-state index >= 15 is 0 Å². The number of imidazole rings is 1. The summed E-state index contributed by atoms with van der Waals surface area (Å²) in [5.74, 6) is -2.29. The molecule has 79 heavy (non-hydrogen) atoms. The topological polar surface area (TPSA) is 253 Å². The van der Waals surface area contributed by atoms with Crippen molar-refractivity contribution in [3.63, 3.8) is 0 Å². The number of aliphatic hydroxyl groups is 2. The van der Waals surface area contributed by atoms with Gasteiger partial charge in [0.05, 0.1) is 49.9 Å². The zero-order valence-corrected chi connectivity index (χ0v) is 47.6. The lowest BCUT2D eigenvalue weighted by Gasteiger charge is -2.41. The van der Waals surface area contributed by atoms with Crippen LogP contribution in [0.3, 0.4) is 0 Å². The van der Waals surface area contributed by atoms with Crippen LogP contribution in [0.5, 0.6) is 23.0 Å². The van der Waals surface area contributed by atoms with Crippen LogP contribution >= 0.6 is 0 Å². The molecule has 0 radical (unpaired) electrons. The Morgan fingerprint density at radius 2 is 1.33 bits per heavy atom. The predicted molar refractivity (Wildman–Crippen MR) is 299 cm³/mol. The van der Waals surface area contributed by atoms with Crippen molar-refractivity contribution in [1.82, 2.24) is 30.4 Å². The van der Waals surface area contributed by atoms with E-state index in [4.69, 9.17) is 14.2 Å². The van der Waals surface area contributed by atoms with E-state index in [-0.39, 0.29) is 93.2 Å². The maximum atomic E-state index is 14.6. The van der Waals surface area contributed by atoms with E-state index in [0.717, 1.165) is 25.7 Å². The van der Waals surface area contributed by atoms with Crippen molar-refractivity contribution in [1.29, 1.82) is 0 Å². The summed E-state index contributed by atoms with van der Waals surface area (Å²) in [7, 11) is 1.22. The van der Waals surface area contributed by atoms with E-state index in [9.17, 15) is 44.4 Å². The summed E-state index contributed by atoms with van der Waals surface area (Å²) in [6.45, 7) is 16.3. The summed E-state index contributed by atoms with van der Waals surface area (Å²) >= 11 is 0. The molecule has 0 saturated heterocycles. The molecular weight excluding hydrogens is 1010 g/mol. The summed E-state index contributed by atoms with van der Waals surface area (Å²) in [6.07, 6.45) is 16.2. The highest BCUT2D eigenvalue weighted by molar-refractivity contribution is 6.03. The molecule has 0 bridgehead atoms. The third-order valence-corrected chi connectivity index (χ3v) is 16.0. The molecule has 0 spiro atoms. The number of benzene rings is 2. The summed E-state index contributed by atoms with van der Waals surface area (Å²) in [6, 6.07) is 0.638. The highest BCUT2D eigenvalue weighted by Crippen LogP contribution is 2.48. The lowest BCUT2D eigenvalue weighted by Crippen LogP contribution is -2.49. The van der Waals surface area contributed by atoms with Crippen LogP contribution in [-0.2, 0) is 51.5 Å². The van der Waals surface area contributed by atoms with Gasteiger partial charge in [-0.25, -0.2) is 9.78 Å². The van der Waals surface area contributed by atoms with Crippen molar-refractivity contribution in [2.45, 2.75) is 194 Å². The number of fused-ring (bicyclic) bond motifs is 6. The maximum absolute atomic E-state index is 14.6. The van der Waals surface area contributed by atoms with E-state index in [1.165, 1.54) is 59.0 Å². The van der Waals surface area contributed by atoms with Crippen LogP contribution in [0.25, 0.3) is 0 Å². The number of phenolic OH excluding ortho intramolecular Hbond substituents is 2. The smallest absolute Gasteiger partial charge is 0.328 e. The van der Waals surface area contributed by atoms with Crippen LogP contribution in [0, 0.1) is 0 Å². The van der Waals surface area contributed by atoms with Gasteiger partial charge in [-0.2, -0.15) is 0 Å². The average molecular weight is 1090 g/mol. The summed E-state index contributed by atoms with van der Waals surface area (Å²) in [5.41, 5.74) is 5.87. The largest absolute Gasteiger partial charge is 0.508 e. The molecule has 1 aromatic heterocycles. The number of nitrogens with zero attached hydrogens (tertiary/aromatic N) is 3. The van der Waals surface area contributed by atoms with Crippen molar-refractivity contribution in [3.8, 4) is 23.0 Å². The van der Waals surface area contributed by atoms with Crippen molar-refractivity contribution in [3.05, 3.63) is 110 Å². The highest BCUT2D eigenvalue weighted by Gasteiger charge is 2.47. The molecule has 7 rings (SSSR count). The van der Waals surface area contributed by atoms with Gasteiger partial charge >= 0.3 is 5.97 Å². The molecule has 7 N–H and O–H groups in total. The van der Waals surface area contributed by atoms with E-state index in [2.05, 4.69) is 86.4 Å². The molecule has 4 amide bonds. The molecule has 6 atom stereocenters. The number of hydrogen-bond donors (Lipinski definition) is 7. The molecule has 0 aliphatic carbocycles. The zero-order valence-electron chi connectivity index (χ0n) is 47.6.